The summed E-state index contributed by atoms with van der Waals surface area (Å²) in [5.41, 5.74) is 0. The third-order valence-electron chi connectivity index (χ3n) is 9.27. The van der Waals surface area contributed by atoms with Gasteiger partial charge < -0.3 is 33.0 Å². The highest BCUT2D eigenvalue weighted by molar-refractivity contribution is 7.45. The summed E-state index contributed by atoms with van der Waals surface area (Å²) in [5.74, 6) is -1.03. The fourth-order valence-corrected chi connectivity index (χ4v) is 6.51. The number of allylic oxidation sites excluding steroid dienone is 5. The van der Waals surface area contributed by atoms with Crippen molar-refractivity contribution in [3.05, 3.63) is 36.5 Å². The zero-order valence-electron chi connectivity index (χ0n) is 35.7. The van der Waals surface area contributed by atoms with E-state index in [-0.39, 0.29) is 26.1 Å². The molecular formula is C44H82NO9P. The molecule has 0 aliphatic heterocycles. The highest BCUT2D eigenvalue weighted by Gasteiger charge is 2.22. The maximum absolute atomic E-state index is 12.7. The predicted octanol–water partition coefficient (Wildman–Crippen LogP) is 10.5. The largest absolute Gasteiger partial charge is 0.756 e. The van der Waals surface area contributed by atoms with Crippen LogP contribution in [0.3, 0.4) is 0 Å². The summed E-state index contributed by atoms with van der Waals surface area (Å²) >= 11 is 0. The van der Waals surface area contributed by atoms with Gasteiger partial charge in [-0.05, 0) is 38.5 Å². The molecule has 0 aromatic carbocycles. The number of aliphatic hydroxyl groups is 1. The van der Waals surface area contributed by atoms with E-state index in [0.717, 1.165) is 32.1 Å². The van der Waals surface area contributed by atoms with Crippen LogP contribution < -0.4 is 4.89 Å². The second kappa shape index (κ2) is 36.5. The standard InChI is InChI=1S/C44H82NO9P/c1-6-8-10-12-14-16-18-20-22-24-26-28-30-33-41(46)34-32-36-44(48)54-42(40-53-55(49,50)52-38-37-45(3,4)5)39-51-43(47)35-31-29-27-25-23-21-19-17-15-13-11-9-7-2/h20,22,26,28,30,33,41-42,46H,6-19,21,23-25,27,29,31-32,34-40H2,1-5H3/b22-20+,28-26+,33-30+/t41?,42-/m1/s1. The van der Waals surface area contributed by atoms with E-state index in [1.165, 1.54) is 96.3 Å². The molecule has 0 fully saturated rings. The van der Waals surface area contributed by atoms with Crippen molar-refractivity contribution in [3.8, 4) is 0 Å². The summed E-state index contributed by atoms with van der Waals surface area (Å²) in [6.45, 7) is 3.99. The molecule has 0 rings (SSSR count). The second-order valence-electron chi connectivity index (χ2n) is 15.9. The third kappa shape index (κ3) is 40.2. The molecule has 0 aromatic heterocycles. The minimum absolute atomic E-state index is 0.00256. The zero-order chi connectivity index (χ0) is 40.9. The molecule has 0 aliphatic carbocycles. The number of aliphatic hydroxyl groups excluding tert-OH is 1. The Morgan fingerprint density at radius 3 is 1.80 bits per heavy atom. The molecular weight excluding hydrogens is 717 g/mol. The van der Waals surface area contributed by atoms with Gasteiger partial charge in [0.25, 0.3) is 7.82 Å². The van der Waals surface area contributed by atoms with Crippen LogP contribution in [0.4, 0.5) is 0 Å². The van der Waals surface area contributed by atoms with Crippen LogP contribution in [0.15, 0.2) is 36.5 Å². The van der Waals surface area contributed by atoms with Crippen molar-refractivity contribution in [1.29, 1.82) is 0 Å². The van der Waals surface area contributed by atoms with Crippen molar-refractivity contribution >= 4 is 19.8 Å². The Hall–Kier alpha value is -1.81. The minimum Gasteiger partial charge on any atom is -0.756 e. The maximum Gasteiger partial charge on any atom is 0.306 e. The Morgan fingerprint density at radius 2 is 1.22 bits per heavy atom. The van der Waals surface area contributed by atoms with Crippen molar-refractivity contribution in [2.75, 3.05) is 47.5 Å². The van der Waals surface area contributed by atoms with Gasteiger partial charge in [-0.1, -0.05) is 159 Å². The Morgan fingerprint density at radius 1 is 0.673 bits per heavy atom. The van der Waals surface area contributed by atoms with Crippen LogP contribution >= 0.6 is 7.82 Å². The molecule has 0 aliphatic rings. The first-order valence-corrected chi connectivity index (χ1v) is 23.3. The molecule has 2 unspecified atom stereocenters. The Labute approximate surface area is 336 Å². The number of carbonyl (C=O) groups excluding carboxylic acids is 2. The molecule has 55 heavy (non-hydrogen) atoms. The summed E-state index contributed by atoms with van der Waals surface area (Å²) in [5, 5.41) is 10.3. The molecule has 0 aromatic rings. The van der Waals surface area contributed by atoms with E-state index in [1.54, 1.807) is 12.2 Å². The predicted molar refractivity (Wildman–Crippen MR) is 223 cm³/mol. The van der Waals surface area contributed by atoms with Crippen LogP contribution in [0.25, 0.3) is 0 Å². The Balaban J connectivity index is 4.56. The van der Waals surface area contributed by atoms with E-state index in [4.69, 9.17) is 18.5 Å². The number of nitrogens with zero attached hydrogens (tertiary/aromatic N) is 1. The lowest BCUT2D eigenvalue weighted by Crippen LogP contribution is -2.37. The van der Waals surface area contributed by atoms with E-state index < -0.39 is 38.6 Å². The lowest BCUT2D eigenvalue weighted by molar-refractivity contribution is -0.870. The maximum atomic E-state index is 12.7. The van der Waals surface area contributed by atoms with Gasteiger partial charge >= 0.3 is 11.9 Å². The molecule has 3 atom stereocenters. The van der Waals surface area contributed by atoms with Crippen molar-refractivity contribution in [3.63, 3.8) is 0 Å². The van der Waals surface area contributed by atoms with Crippen LogP contribution in [-0.2, 0) is 32.7 Å². The van der Waals surface area contributed by atoms with Crippen LogP contribution in [0.2, 0.25) is 0 Å². The van der Waals surface area contributed by atoms with E-state index in [2.05, 4.69) is 26.0 Å². The number of esters is 2. The number of carbonyl (C=O) groups is 2. The molecule has 11 heteroatoms. The normalized spacial score (nSPS) is 14.5. The van der Waals surface area contributed by atoms with E-state index in [1.807, 2.05) is 33.3 Å². The summed E-state index contributed by atoms with van der Waals surface area (Å²) in [7, 11) is 1.05. The van der Waals surface area contributed by atoms with E-state index in [0.29, 0.717) is 30.3 Å². The lowest BCUT2D eigenvalue weighted by Gasteiger charge is -2.28. The van der Waals surface area contributed by atoms with Gasteiger partial charge in [0.2, 0.25) is 0 Å². The van der Waals surface area contributed by atoms with Gasteiger partial charge in [0.05, 0.1) is 33.9 Å². The average Bonchev–Trinajstić information content (AvgIpc) is 3.12. The Kier molecular flexibility index (Phi) is 35.3. The quantitative estimate of drug-likeness (QED) is 0.0161. The molecule has 0 heterocycles. The molecule has 10 nitrogen and oxygen atoms in total. The number of unbranched alkanes of at least 4 members (excludes halogenated alkanes) is 18. The minimum atomic E-state index is -4.67. The van der Waals surface area contributed by atoms with Gasteiger partial charge in [-0.15, -0.1) is 0 Å². The van der Waals surface area contributed by atoms with Crippen molar-refractivity contribution < 1.29 is 47.2 Å². The number of phosphoric acid groups is 1. The summed E-state index contributed by atoms with van der Waals surface area (Å²) in [6.07, 6.45) is 36.3. The van der Waals surface area contributed by atoms with E-state index >= 15 is 0 Å². The highest BCUT2D eigenvalue weighted by Crippen LogP contribution is 2.38. The van der Waals surface area contributed by atoms with Crippen LogP contribution in [-0.4, -0.2) is 81.2 Å². The molecule has 0 saturated carbocycles. The smallest absolute Gasteiger partial charge is 0.306 e. The average molecular weight is 800 g/mol. The number of ether oxygens (including phenoxy) is 2. The van der Waals surface area contributed by atoms with E-state index in [9.17, 15) is 24.2 Å². The highest BCUT2D eigenvalue weighted by atomic mass is 31.2. The first-order valence-electron chi connectivity index (χ1n) is 21.8. The Bertz CT molecular complexity index is 1060. The van der Waals surface area contributed by atoms with Crippen LogP contribution in [0.5, 0.6) is 0 Å². The number of hydrogen-bond donors (Lipinski definition) is 1. The number of quaternary nitrogens is 1. The molecule has 0 saturated heterocycles. The SMILES string of the molecule is CCCCCCCC/C=C/C/C=C/C=C/C(O)CCCC(=O)O[C@H](COC(=O)CCCCCCCCCCCCCCC)COP(=O)([O-])OCC[N+](C)(C)C. The third-order valence-corrected chi connectivity index (χ3v) is 10.2. The summed E-state index contributed by atoms with van der Waals surface area (Å²) in [4.78, 5) is 37.5. The van der Waals surface area contributed by atoms with Crippen molar-refractivity contribution in [2.45, 2.75) is 187 Å². The van der Waals surface area contributed by atoms with Gasteiger partial charge in [0.1, 0.15) is 19.8 Å². The number of likely N-dealkylation sites (N-methyl/N-ethyl adjacent to an activating group) is 1. The van der Waals surface area contributed by atoms with Gasteiger partial charge in [0, 0.05) is 12.8 Å². The first-order chi connectivity index (χ1) is 26.4. The number of hydrogen-bond acceptors (Lipinski definition) is 9. The number of rotatable bonds is 39. The van der Waals surface area contributed by atoms with Crippen LogP contribution in [0, 0.1) is 0 Å². The molecule has 1 N–H and O–H groups in total. The fourth-order valence-electron chi connectivity index (χ4n) is 5.78. The van der Waals surface area contributed by atoms with Crippen molar-refractivity contribution in [2.24, 2.45) is 0 Å². The van der Waals surface area contributed by atoms with Crippen molar-refractivity contribution in [1.82, 2.24) is 0 Å². The monoisotopic (exact) mass is 800 g/mol. The molecule has 0 radical (unpaired) electrons. The molecule has 0 bridgehead atoms. The first kappa shape index (κ1) is 53.2. The summed E-state index contributed by atoms with van der Waals surface area (Å²) in [6, 6.07) is 0. The van der Waals surface area contributed by atoms with Gasteiger partial charge in [-0.2, -0.15) is 0 Å². The molecule has 0 spiro atoms. The van der Waals surface area contributed by atoms with Gasteiger partial charge in [-0.3, -0.25) is 14.2 Å². The van der Waals surface area contributed by atoms with Gasteiger partial charge in [-0.25, -0.2) is 0 Å². The topological polar surface area (TPSA) is 131 Å². The lowest BCUT2D eigenvalue weighted by atomic mass is 10.0. The van der Waals surface area contributed by atoms with Gasteiger partial charge in [0.15, 0.2) is 6.10 Å². The fraction of sp³-hybridized carbons (Fsp3) is 0.818. The second-order valence-corrected chi connectivity index (χ2v) is 17.3. The number of phosphoric ester groups is 1. The molecule has 322 valence electrons. The molecule has 0 amide bonds. The summed E-state index contributed by atoms with van der Waals surface area (Å²) < 4.78 is 33.7. The van der Waals surface area contributed by atoms with Crippen LogP contribution in [0.1, 0.15) is 174 Å². The zero-order valence-corrected chi connectivity index (χ0v) is 36.6.